The smallest absolute Gasteiger partial charge is 0.223 e. The first-order valence-electron chi connectivity index (χ1n) is 4.93. The van der Waals surface area contributed by atoms with E-state index in [1.54, 1.807) is 7.11 Å². The van der Waals surface area contributed by atoms with Crippen molar-refractivity contribution < 1.29 is 4.74 Å². The van der Waals surface area contributed by atoms with Crippen LogP contribution in [0.1, 0.15) is 11.4 Å². The van der Waals surface area contributed by atoms with Gasteiger partial charge in [0.05, 0.1) is 12.6 Å². The van der Waals surface area contributed by atoms with Gasteiger partial charge in [-0.05, 0) is 19.9 Å². The predicted octanol–water partition coefficient (Wildman–Crippen LogP) is 0.479. The third-order valence-corrected chi connectivity index (χ3v) is 1.97. The molecular formula is C10H18N4O. The molecule has 5 heteroatoms. The van der Waals surface area contributed by atoms with Crippen LogP contribution in [0, 0.1) is 13.8 Å². The van der Waals surface area contributed by atoms with Gasteiger partial charge in [0, 0.05) is 25.0 Å². The molecule has 0 amide bonds. The van der Waals surface area contributed by atoms with E-state index in [4.69, 9.17) is 10.5 Å². The minimum absolute atomic E-state index is 0.0520. The number of nitrogens with zero attached hydrogens (tertiary/aromatic N) is 2. The quantitative estimate of drug-likeness (QED) is 0.739. The lowest BCUT2D eigenvalue weighted by Gasteiger charge is -2.15. The lowest BCUT2D eigenvalue weighted by molar-refractivity contribution is 0.187. The Morgan fingerprint density at radius 1 is 1.40 bits per heavy atom. The van der Waals surface area contributed by atoms with Crippen molar-refractivity contribution in [2.24, 2.45) is 5.73 Å². The van der Waals surface area contributed by atoms with Crippen LogP contribution < -0.4 is 11.1 Å². The Bertz CT molecular complexity index is 296. The molecule has 0 aliphatic carbocycles. The maximum Gasteiger partial charge on any atom is 0.223 e. The fraction of sp³-hybridized carbons (Fsp3) is 0.600. The molecule has 0 spiro atoms. The number of hydrogen-bond acceptors (Lipinski definition) is 5. The molecule has 5 nitrogen and oxygen atoms in total. The molecule has 0 radical (unpaired) electrons. The number of methoxy groups -OCH3 is 1. The maximum atomic E-state index is 5.58. The molecule has 3 N–H and O–H groups in total. The lowest BCUT2D eigenvalue weighted by Crippen LogP contribution is -2.33. The average molecular weight is 210 g/mol. The number of nitrogens with one attached hydrogen (secondary N) is 1. The van der Waals surface area contributed by atoms with Gasteiger partial charge in [0.1, 0.15) is 0 Å². The average Bonchev–Trinajstić information content (AvgIpc) is 2.15. The molecule has 0 aromatic carbocycles. The molecular weight excluding hydrogens is 192 g/mol. The second-order valence-corrected chi connectivity index (χ2v) is 3.51. The molecule has 1 aromatic heterocycles. The SMILES string of the molecule is COCC(CN)Nc1nc(C)cc(C)n1. The predicted molar refractivity (Wildman–Crippen MR) is 59.8 cm³/mol. The van der Waals surface area contributed by atoms with Crippen LogP contribution in [0.5, 0.6) is 0 Å². The number of anilines is 1. The van der Waals surface area contributed by atoms with Gasteiger partial charge in [-0.15, -0.1) is 0 Å². The number of aryl methyl sites for hydroxylation is 2. The normalized spacial score (nSPS) is 12.5. The molecule has 1 unspecified atom stereocenters. The molecule has 0 fully saturated rings. The lowest BCUT2D eigenvalue weighted by atomic mass is 10.3. The fourth-order valence-electron chi connectivity index (χ4n) is 1.34. The molecule has 1 atom stereocenters. The number of aromatic nitrogens is 2. The Kier molecular flexibility index (Phi) is 4.45. The fourth-order valence-corrected chi connectivity index (χ4v) is 1.34. The molecule has 0 saturated carbocycles. The summed E-state index contributed by atoms with van der Waals surface area (Å²) < 4.78 is 5.03. The van der Waals surface area contributed by atoms with Crippen LogP contribution in [-0.4, -0.2) is 36.3 Å². The molecule has 15 heavy (non-hydrogen) atoms. The molecule has 1 aromatic rings. The second kappa shape index (κ2) is 5.63. The first kappa shape index (κ1) is 11.9. The van der Waals surface area contributed by atoms with E-state index in [0.717, 1.165) is 11.4 Å². The van der Waals surface area contributed by atoms with E-state index in [1.807, 2.05) is 19.9 Å². The third kappa shape index (κ3) is 3.81. The van der Waals surface area contributed by atoms with Crippen LogP contribution in [0.15, 0.2) is 6.07 Å². The molecule has 0 aliphatic rings. The van der Waals surface area contributed by atoms with Crippen molar-refractivity contribution in [2.45, 2.75) is 19.9 Å². The van der Waals surface area contributed by atoms with Crippen LogP contribution in [0.25, 0.3) is 0 Å². The van der Waals surface area contributed by atoms with Crippen LogP contribution in [0.4, 0.5) is 5.95 Å². The monoisotopic (exact) mass is 210 g/mol. The summed E-state index contributed by atoms with van der Waals surface area (Å²) in [6, 6.07) is 1.98. The van der Waals surface area contributed by atoms with E-state index in [1.165, 1.54) is 0 Å². The highest BCUT2D eigenvalue weighted by Crippen LogP contribution is 2.04. The van der Waals surface area contributed by atoms with Crippen molar-refractivity contribution >= 4 is 5.95 Å². The zero-order valence-electron chi connectivity index (χ0n) is 9.45. The summed E-state index contributed by atoms with van der Waals surface area (Å²) in [5.41, 5.74) is 7.47. The Hall–Kier alpha value is -1.20. The Morgan fingerprint density at radius 2 is 2.00 bits per heavy atom. The molecule has 1 heterocycles. The van der Waals surface area contributed by atoms with Crippen molar-refractivity contribution in [2.75, 3.05) is 25.6 Å². The summed E-state index contributed by atoms with van der Waals surface area (Å²) >= 11 is 0. The van der Waals surface area contributed by atoms with Gasteiger partial charge < -0.3 is 15.8 Å². The Balaban J connectivity index is 2.69. The van der Waals surface area contributed by atoms with Crippen molar-refractivity contribution in [3.05, 3.63) is 17.5 Å². The van der Waals surface area contributed by atoms with Crippen LogP contribution >= 0.6 is 0 Å². The molecule has 0 bridgehead atoms. The van der Waals surface area contributed by atoms with Gasteiger partial charge in [0.2, 0.25) is 5.95 Å². The summed E-state index contributed by atoms with van der Waals surface area (Å²) in [5.74, 6) is 0.611. The highest BCUT2D eigenvalue weighted by atomic mass is 16.5. The van der Waals surface area contributed by atoms with E-state index >= 15 is 0 Å². The summed E-state index contributed by atoms with van der Waals surface area (Å²) in [4.78, 5) is 8.54. The van der Waals surface area contributed by atoms with E-state index in [9.17, 15) is 0 Å². The Labute approximate surface area is 90.1 Å². The van der Waals surface area contributed by atoms with E-state index in [2.05, 4.69) is 15.3 Å². The number of hydrogen-bond donors (Lipinski definition) is 2. The summed E-state index contributed by atoms with van der Waals surface area (Å²) in [6.07, 6.45) is 0. The standard InChI is InChI=1S/C10H18N4O/c1-7-4-8(2)13-10(12-7)14-9(5-11)6-15-3/h4,9H,5-6,11H2,1-3H3,(H,12,13,14). The van der Waals surface area contributed by atoms with Gasteiger partial charge in [0.25, 0.3) is 0 Å². The van der Waals surface area contributed by atoms with Gasteiger partial charge in [-0.1, -0.05) is 0 Å². The minimum Gasteiger partial charge on any atom is -0.383 e. The van der Waals surface area contributed by atoms with Crippen molar-refractivity contribution in [3.63, 3.8) is 0 Å². The topological polar surface area (TPSA) is 73.1 Å². The van der Waals surface area contributed by atoms with Gasteiger partial charge in [-0.2, -0.15) is 0 Å². The minimum atomic E-state index is 0.0520. The number of rotatable bonds is 5. The van der Waals surface area contributed by atoms with Gasteiger partial charge in [-0.25, -0.2) is 9.97 Å². The highest BCUT2D eigenvalue weighted by Gasteiger charge is 2.07. The first-order valence-corrected chi connectivity index (χ1v) is 4.93. The van der Waals surface area contributed by atoms with Crippen LogP contribution in [0.3, 0.4) is 0 Å². The van der Waals surface area contributed by atoms with Gasteiger partial charge >= 0.3 is 0 Å². The first-order chi connectivity index (χ1) is 7.15. The van der Waals surface area contributed by atoms with E-state index in [-0.39, 0.29) is 6.04 Å². The van der Waals surface area contributed by atoms with Crippen molar-refractivity contribution in [3.8, 4) is 0 Å². The van der Waals surface area contributed by atoms with Crippen molar-refractivity contribution in [1.82, 2.24) is 9.97 Å². The number of nitrogens with two attached hydrogens (primary N) is 1. The molecule has 1 rings (SSSR count). The van der Waals surface area contributed by atoms with Gasteiger partial charge in [0.15, 0.2) is 0 Å². The molecule has 0 aliphatic heterocycles. The largest absolute Gasteiger partial charge is 0.383 e. The zero-order valence-corrected chi connectivity index (χ0v) is 9.45. The highest BCUT2D eigenvalue weighted by molar-refractivity contribution is 5.29. The summed E-state index contributed by atoms with van der Waals surface area (Å²) in [6.45, 7) is 4.91. The molecule has 0 saturated heterocycles. The third-order valence-electron chi connectivity index (χ3n) is 1.97. The second-order valence-electron chi connectivity index (χ2n) is 3.51. The summed E-state index contributed by atoms with van der Waals surface area (Å²) in [7, 11) is 1.65. The Morgan fingerprint density at radius 3 is 2.47 bits per heavy atom. The summed E-state index contributed by atoms with van der Waals surface area (Å²) in [5, 5.41) is 3.14. The van der Waals surface area contributed by atoms with Crippen LogP contribution in [-0.2, 0) is 4.74 Å². The van der Waals surface area contributed by atoms with Crippen LogP contribution in [0.2, 0.25) is 0 Å². The maximum absolute atomic E-state index is 5.58. The molecule has 84 valence electrons. The zero-order chi connectivity index (χ0) is 11.3. The number of ether oxygens (including phenoxy) is 1. The van der Waals surface area contributed by atoms with E-state index < -0.39 is 0 Å². The van der Waals surface area contributed by atoms with Gasteiger partial charge in [-0.3, -0.25) is 0 Å². The van der Waals surface area contributed by atoms with Crippen molar-refractivity contribution in [1.29, 1.82) is 0 Å². The van der Waals surface area contributed by atoms with E-state index in [0.29, 0.717) is 19.1 Å².